The first-order valence-electron chi connectivity index (χ1n) is 5.32. The number of hydrogen-bond donors (Lipinski definition) is 2. The van der Waals surface area contributed by atoms with Crippen LogP contribution in [0.15, 0.2) is 24.3 Å². The Labute approximate surface area is 108 Å². The molecule has 0 atom stereocenters. The summed E-state index contributed by atoms with van der Waals surface area (Å²) in [5.41, 5.74) is 7.10. The zero-order valence-electron chi connectivity index (χ0n) is 9.74. The van der Waals surface area contributed by atoms with E-state index in [0.717, 1.165) is 17.1 Å². The van der Waals surface area contributed by atoms with Crippen molar-refractivity contribution >= 4 is 23.3 Å². The third-order valence-electron chi connectivity index (χ3n) is 2.53. The van der Waals surface area contributed by atoms with Crippen LogP contribution in [0.3, 0.4) is 0 Å². The second-order valence-corrected chi connectivity index (χ2v) is 4.60. The van der Waals surface area contributed by atoms with E-state index >= 15 is 0 Å². The summed E-state index contributed by atoms with van der Waals surface area (Å²) in [4.78, 5) is 12.4. The van der Waals surface area contributed by atoms with Crippen LogP contribution >= 0.6 is 11.5 Å². The number of aromatic nitrogens is 1. The average molecular weight is 265 g/mol. The lowest BCUT2D eigenvalue weighted by atomic mass is 10.2. The largest absolute Gasteiger partial charge is 0.383 e. The van der Waals surface area contributed by atoms with Gasteiger partial charge in [0, 0.05) is 12.1 Å². The number of anilines is 1. The van der Waals surface area contributed by atoms with Gasteiger partial charge in [0.2, 0.25) is 0 Å². The second kappa shape index (κ2) is 5.14. The third kappa shape index (κ3) is 2.65. The van der Waals surface area contributed by atoms with Crippen molar-refractivity contribution in [3.8, 4) is 0 Å². The molecule has 6 heteroatoms. The quantitative estimate of drug-likeness (QED) is 0.893. The summed E-state index contributed by atoms with van der Waals surface area (Å²) in [5, 5.41) is 2.74. The topological polar surface area (TPSA) is 68.0 Å². The van der Waals surface area contributed by atoms with Crippen LogP contribution in [0.1, 0.15) is 20.8 Å². The molecule has 0 radical (unpaired) electrons. The molecule has 0 unspecified atom stereocenters. The molecule has 0 aliphatic heterocycles. The number of carbonyl (C=O) groups excluding carboxylic acids is 1. The van der Waals surface area contributed by atoms with E-state index in [1.165, 1.54) is 12.1 Å². The molecule has 1 aromatic carbocycles. The number of nitrogens with zero attached hydrogens (tertiary/aromatic N) is 1. The predicted molar refractivity (Wildman–Crippen MR) is 68.8 cm³/mol. The van der Waals surface area contributed by atoms with Crippen molar-refractivity contribution in [3.63, 3.8) is 0 Å². The molecule has 0 aliphatic carbocycles. The van der Waals surface area contributed by atoms with Crippen LogP contribution in [0.25, 0.3) is 0 Å². The van der Waals surface area contributed by atoms with Gasteiger partial charge in [-0.3, -0.25) is 4.79 Å². The van der Waals surface area contributed by atoms with Crippen molar-refractivity contribution in [1.29, 1.82) is 0 Å². The minimum atomic E-state index is -0.295. The summed E-state index contributed by atoms with van der Waals surface area (Å²) in [7, 11) is 0. The molecule has 0 saturated carbocycles. The number of nitrogens with one attached hydrogen (secondary N) is 1. The van der Waals surface area contributed by atoms with E-state index in [1.54, 1.807) is 19.1 Å². The Balaban J connectivity index is 2.00. The van der Waals surface area contributed by atoms with Crippen molar-refractivity contribution in [2.45, 2.75) is 13.5 Å². The first-order valence-corrected chi connectivity index (χ1v) is 6.09. The van der Waals surface area contributed by atoms with Crippen molar-refractivity contribution in [1.82, 2.24) is 9.69 Å². The number of nitrogens with two attached hydrogens (primary N) is 1. The Kier molecular flexibility index (Phi) is 3.57. The zero-order valence-corrected chi connectivity index (χ0v) is 10.6. The molecule has 4 nitrogen and oxygen atoms in total. The number of halogens is 1. The maximum atomic E-state index is 12.7. The van der Waals surface area contributed by atoms with Gasteiger partial charge < -0.3 is 11.1 Å². The van der Waals surface area contributed by atoms with E-state index in [1.807, 2.05) is 0 Å². The van der Waals surface area contributed by atoms with Crippen molar-refractivity contribution in [3.05, 3.63) is 46.1 Å². The van der Waals surface area contributed by atoms with E-state index in [4.69, 9.17) is 5.73 Å². The van der Waals surface area contributed by atoms with Crippen LogP contribution in [-0.4, -0.2) is 10.3 Å². The molecule has 0 spiro atoms. The number of carbonyl (C=O) groups is 1. The number of amides is 1. The summed E-state index contributed by atoms with van der Waals surface area (Å²) in [6.07, 6.45) is 0. The molecule has 1 amide bonds. The van der Waals surface area contributed by atoms with Gasteiger partial charge in [-0.2, -0.15) is 4.37 Å². The molecule has 1 heterocycles. The highest BCUT2D eigenvalue weighted by molar-refractivity contribution is 7.08. The standard InChI is InChI=1S/C12H12FN3OS/c1-7-10(18-16-11(7)14)12(17)15-6-8-2-4-9(13)5-3-8/h2-5H,6H2,1H3,(H2,14,16)(H,15,17). The molecule has 2 aromatic rings. The summed E-state index contributed by atoms with van der Waals surface area (Å²) >= 11 is 1.07. The van der Waals surface area contributed by atoms with Gasteiger partial charge in [0.1, 0.15) is 16.5 Å². The number of benzene rings is 1. The van der Waals surface area contributed by atoms with Crippen LogP contribution in [0.5, 0.6) is 0 Å². The molecule has 2 rings (SSSR count). The monoisotopic (exact) mass is 265 g/mol. The molecule has 3 N–H and O–H groups in total. The van der Waals surface area contributed by atoms with Gasteiger partial charge in [-0.25, -0.2) is 4.39 Å². The molecule has 1 aromatic heterocycles. The van der Waals surface area contributed by atoms with Crippen molar-refractivity contribution in [2.75, 3.05) is 5.73 Å². The smallest absolute Gasteiger partial charge is 0.263 e. The van der Waals surface area contributed by atoms with E-state index < -0.39 is 0 Å². The Bertz CT molecular complexity index is 565. The summed E-state index contributed by atoms with van der Waals surface area (Å²) in [6, 6.07) is 5.97. The van der Waals surface area contributed by atoms with Gasteiger partial charge in [-0.15, -0.1) is 0 Å². The summed E-state index contributed by atoms with van der Waals surface area (Å²) in [5.74, 6) is -0.130. The fraction of sp³-hybridized carbons (Fsp3) is 0.167. The van der Waals surface area contributed by atoms with E-state index in [2.05, 4.69) is 9.69 Å². The zero-order chi connectivity index (χ0) is 13.1. The van der Waals surface area contributed by atoms with Gasteiger partial charge in [0.25, 0.3) is 5.91 Å². The lowest BCUT2D eigenvalue weighted by molar-refractivity contribution is 0.0954. The highest BCUT2D eigenvalue weighted by atomic mass is 32.1. The fourth-order valence-electron chi connectivity index (χ4n) is 1.42. The Morgan fingerprint density at radius 2 is 2.11 bits per heavy atom. The Hall–Kier alpha value is -1.95. The molecule has 0 bridgehead atoms. The van der Waals surface area contributed by atoms with Crippen LogP contribution in [0.2, 0.25) is 0 Å². The molecule has 0 aliphatic rings. The SMILES string of the molecule is Cc1c(N)nsc1C(=O)NCc1ccc(F)cc1. The molecular weight excluding hydrogens is 253 g/mol. The lowest BCUT2D eigenvalue weighted by Crippen LogP contribution is -2.22. The number of nitrogen functional groups attached to an aromatic ring is 1. The normalized spacial score (nSPS) is 10.3. The highest BCUT2D eigenvalue weighted by Crippen LogP contribution is 2.19. The number of hydrogen-bond acceptors (Lipinski definition) is 4. The van der Waals surface area contributed by atoms with E-state index in [-0.39, 0.29) is 11.7 Å². The Morgan fingerprint density at radius 1 is 1.44 bits per heavy atom. The first kappa shape index (κ1) is 12.5. The van der Waals surface area contributed by atoms with Gasteiger partial charge in [0.15, 0.2) is 0 Å². The Morgan fingerprint density at radius 3 is 2.67 bits per heavy atom. The van der Waals surface area contributed by atoms with Crippen LogP contribution < -0.4 is 11.1 Å². The number of rotatable bonds is 3. The summed E-state index contributed by atoms with van der Waals surface area (Å²) in [6.45, 7) is 2.10. The van der Waals surface area contributed by atoms with Crippen LogP contribution in [-0.2, 0) is 6.54 Å². The molecule has 94 valence electrons. The van der Waals surface area contributed by atoms with E-state index in [0.29, 0.717) is 22.8 Å². The van der Waals surface area contributed by atoms with Gasteiger partial charge in [-0.05, 0) is 36.2 Å². The molecule has 18 heavy (non-hydrogen) atoms. The fourth-order valence-corrected chi connectivity index (χ4v) is 2.15. The predicted octanol–water partition coefficient (Wildman–Crippen LogP) is 2.10. The molecular formula is C12H12FN3OS. The molecule has 0 fully saturated rings. The van der Waals surface area contributed by atoms with Crippen molar-refractivity contribution < 1.29 is 9.18 Å². The summed E-state index contributed by atoms with van der Waals surface area (Å²) < 4.78 is 16.6. The lowest BCUT2D eigenvalue weighted by Gasteiger charge is -2.04. The maximum absolute atomic E-state index is 12.7. The van der Waals surface area contributed by atoms with Crippen LogP contribution in [0, 0.1) is 12.7 Å². The van der Waals surface area contributed by atoms with Crippen LogP contribution in [0.4, 0.5) is 10.2 Å². The average Bonchev–Trinajstić information content (AvgIpc) is 2.69. The minimum Gasteiger partial charge on any atom is -0.383 e. The minimum absolute atomic E-state index is 0.217. The van der Waals surface area contributed by atoms with Gasteiger partial charge in [0.05, 0.1) is 0 Å². The third-order valence-corrected chi connectivity index (χ3v) is 3.49. The van der Waals surface area contributed by atoms with Crippen molar-refractivity contribution in [2.24, 2.45) is 0 Å². The second-order valence-electron chi connectivity index (χ2n) is 3.83. The van der Waals surface area contributed by atoms with Gasteiger partial charge >= 0.3 is 0 Å². The first-order chi connectivity index (χ1) is 8.58. The van der Waals surface area contributed by atoms with Gasteiger partial charge in [-0.1, -0.05) is 12.1 Å². The van der Waals surface area contributed by atoms with E-state index in [9.17, 15) is 9.18 Å². The molecule has 0 saturated heterocycles. The maximum Gasteiger partial charge on any atom is 0.263 e. The highest BCUT2D eigenvalue weighted by Gasteiger charge is 2.14.